The number of nitriles is 1. The first-order valence-electron chi connectivity index (χ1n) is 7.81. The Morgan fingerprint density at radius 3 is 2.79 bits per heavy atom. The third-order valence-corrected chi connectivity index (χ3v) is 6.58. The molecule has 124 valence electrons. The number of aromatic nitrogens is 1. The molecule has 1 aromatic carbocycles. The summed E-state index contributed by atoms with van der Waals surface area (Å²) in [7, 11) is 0. The molecule has 1 fully saturated rings. The minimum atomic E-state index is -0.738. The molecule has 1 N–H and O–H groups in total. The van der Waals surface area contributed by atoms with Crippen LogP contribution < -0.4 is 5.32 Å². The molecule has 1 aromatic heterocycles. The van der Waals surface area contributed by atoms with Gasteiger partial charge in [-0.25, -0.2) is 4.98 Å². The number of thiazole rings is 1. The molecule has 0 aliphatic carbocycles. The van der Waals surface area contributed by atoms with Crippen LogP contribution in [0.2, 0.25) is 0 Å². The molecular weight excluding hydrogens is 338 g/mol. The van der Waals surface area contributed by atoms with Crippen LogP contribution in [0.25, 0.3) is 10.6 Å². The smallest absolute Gasteiger partial charge is 0.264 e. The predicted molar refractivity (Wildman–Crippen MR) is 99.5 cm³/mol. The lowest BCUT2D eigenvalue weighted by molar-refractivity contribution is 0.0929. The molecular formula is C18H19N3OS2. The Morgan fingerprint density at radius 2 is 2.17 bits per heavy atom. The first kappa shape index (κ1) is 17.0. The van der Waals surface area contributed by atoms with E-state index in [1.54, 1.807) is 11.8 Å². The number of nitrogens with zero attached hydrogens (tertiary/aromatic N) is 2. The monoisotopic (exact) mass is 357 g/mol. The Morgan fingerprint density at radius 1 is 1.38 bits per heavy atom. The van der Waals surface area contributed by atoms with Gasteiger partial charge in [-0.15, -0.1) is 11.3 Å². The van der Waals surface area contributed by atoms with Gasteiger partial charge in [0.25, 0.3) is 5.91 Å². The minimum Gasteiger partial charge on any atom is -0.332 e. The second-order valence-corrected chi connectivity index (χ2v) is 8.31. The molecule has 2 heterocycles. The van der Waals surface area contributed by atoms with Gasteiger partial charge in [-0.1, -0.05) is 23.8 Å². The third-order valence-electron chi connectivity index (χ3n) is 4.20. The average molecular weight is 358 g/mol. The number of hydrogen-bond donors (Lipinski definition) is 1. The Bertz CT molecular complexity index is 829. The predicted octanol–water partition coefficient (Wildman–Crippen LogP) is 3.86. The summed E-state index contributed by atoms with van der Waals surface area (Å²) in [5, 5.41) is 13.2. The van der Waals surface area contributed by atoms with E-state index in [4.69, 9.17) is 0 Å². The summed E-state index contributed by atoms with van der Waals surface area (Å²) >= 11 is 3.10. The highest BCUT2D eigenvalue weighted by atomic mass is 32.2. The molecule has 4 nitrogen and oxygen atoms in total. The molecule has 1 aliphatic heterocycles. The van der Waals surface area contributed by atoms with Crippen molar-refractivity contribution in [3.63, 3.8) is 0 Å². The van der Waals surface area contributed by atoms with Crippen molar-refractivity contribution >= 4 is 29.0 Å². The Balaban J connectivity index is 1.89. The van der Waals surface area contributed by atoms with Gasteiger partial charge < -0.3 is 5.32 Å². The van der Waals surface area contributed by atoms with Crippen LogP contribution in [0.1, 0.15) is 32.9 Å². The number of hydrogen-bond acceptors (Lipinski definition) is 5. The van der Waals surface area contributed by atoms with Crippen molar-refractivity contribution in [1.29, 1.82) is 5.26 Å². The Kier molecular flexibility index (Phi) is 4.66. The quantitative estimate of drug-likeness (QED) is 0.906. The van der Waals surface area contributed by atoms with Gasteiger partial charge in [0.2, 0.25) is 0 Å². The molecule has 2 aromatic rings. The molecule has 0 bridgehead atoms. The zero-order chi connectivity index (χ0) is 17.3. The Hall–Kier alpha value is -1.84. The average Bonchev–Trinajstić information content (AvgIpc) is 3.14. The maximum atomic E-state index is 12.7. The summed E-state index contributed by atoms with van der Waals surface area (Å²) in [5.74, 6) is 1.37. The number of benzene rings is 1. The molecule has 1 unspecified atom stereocenters. The van der Waals surface area contributed by atoms with Crippen LogP contribution in [0.4, 0.5) is 0 Å². The lowest BCUT2D eigenvalue weighted by atomic mass is 10.0. The molecule has 24 heavy (non-hydrogen) atoms. The normalized spacial score (nSPS) is 19.9. The Labute approximate surface area is 150 Å². The van der Waals surface area contributed by atoms with Crippen LogP contribution in [0, 0.1) is 32.1 Å². The van der Waals surface area contributed by atoms with Crippen molar-refractivity contribution in [3.8, 4) is 16.6 Å². The minimum absolute atomic E-state index is 0.190. The van der Waals surface area contributed by atoms with Gasteiger partial charge >= 0.3 is 0 Å². The zero-order valence-corrected chi connectivity index (χ0v) is 15.6. The fourth-order valence-electron chi connectivity index (χ4n) is 2.83. The largest absolute Gasteiger partial charge is 0.332 e. The van der Waals surface area contributed by atoms with E-state index in [9.17, 15) is 10.1 Å². The van der Waals surface area contributed by atoms with Gasteiger partial charge in [0.05, 0.1) is 11.8 Å². The van der Waals surface area contributed by atoms with E-state index in [2.05, 4.69) is 48.4 Å². The number of thioether (sulfide) groups is 1. The van der Waals surface area contributed by atoms with Gasteiger partial charge in [-0.3, -0.25) is 4.79 Å². The van der Waals surface area contributed by atoms with Crippen LogP contribution in [0.5, 0.6) is 0 Å². The number of rotatable bonds is 3. The molecule has 1 aliphatic rings. The molecule has 0 radical (unpaired) electrons. The van der Waals surface area contributed by atoms with Crippen LogP contribution >= 0.6 is 23.1 Å². The van der Waals surface area contributed by atoms with E-state index in [0.29, 0.717) is 22.7 Å². The number of aryl methyl sites for hydroxylation is 3. The van der Waals surface area contributed by atoms with E-state index in [1.165, 1.54) is 16.9 Å². The molecule has 0 spiro atoms. The highest BCUT2D eigenvalue weighted by Gasteiger charge is 2.37. The maximum Gasteiger partial charge on any atom is 0.264 e. The number of carbonyl (C=O) groups excluding carboxylic acids is 1. The molecule has 1 amide bonds. The standard InChI is InChI=1S/C18H19N3OS2/c1-11-4-5-14(12(2)8-11)17-20-13(3)15(24-17)16(22)21-18(9-19)6-7-23-10-18/h4-5,8H,6-7,10H2,1-3H3,(H,21,22). The first-order valence-corrected chi connectivity index (χ1v) is 9.78. The molecule has 3 rings (SSSR count). The number of amides is 1. The van der Waals surface area contributed by atoms with Crippen LogP contribution in [0.3, 0.4) is 0 Å². The summed E-state index contributed by atoms with van der Waals surface area (Å²) in [6.45, 7) is 5.96. The van der Waals surface area contributed by atoms with Crippen molar-refractivity contribution in [1.82, 2.24) is 10.3 Å². The second-order valence-electron chi connectivity index (χ2n) is 6.20. The van der Waals surface area contributed by atoms with Crippen LogP contribution in [-0.4, -0.2) is 27.9 Å². The third kappa shape index (κ3) is 3.19. The number of carbonyl (C=O) groups is 1. The molecule has 6 heteroatoms. The van der Waals surface area contributed by atoms with E-state index >= 15 is 0 Å². The van der Waals surface area contributed by atoms with Crippen molar-refractivity contribution < 1.29 is 4.79 Å². The summed E-state index contributed by atoms with van der Waals surface area (Å²) < 4.78 is 0. The summed E-state index contributed by atoms with van der Waals surface area (Å²) in [5.41, 5.74) is 3.39. The first-order chi connectivity index (χ1) is 11.4. The van der Waals surface area contributed by atoms with Crippen molar-refractivity contribution in [2.75, 3.05) is 11.5 Å². The van der Waals surface area contributed by atoms with E-state index in [-0.39, 0.29) is 5.91 Å². The SMILES string of the molecule is Cc1ccc(-c2nc(C)c(C(=O)NC3(C#N)CCSC3)s2)c(C)c1. The highest BCUT2D eigenvalue weighted by Crippen LogP contribution is 2.32. The lowest BCUT2D eigenvalue weighted by Crippen LogP contribution is -2.47. The topological polar surface area (TPSA) is 65.8 Å². The van der Waals surface area contributed by atoms with E-state index < -0.39 is 5.54 Å². The van der Waals surface area contributed by atoms with E-state index in [1.807, 2.05) is 6.92 Å². The second kappa shape index (κ2) is 6.58. The van der Waals surface area contributed by atoms with E-state index in [0.717, 1.165) is 21.9 Å². The van der Waals surface area contributed by atoms with Crippen LogP contribution in [0.15, 0.2) is 18.2 Å². The van der Waals surface area contributed by atoms with Gasteiger partial charge in [0, 0.05) is 11.3 Å². The molecule has 1 atom stereocenters. The summed E-state index contributed by atoms with van der Waals surface area (Å²) in [4.78, 5) is 17.8. The fraction of sp³-hybridized carbons (Fsp3) is 0.389. The summed E-state index contributed by atoms with van der Waals surface area (Å²) in [6, 6.07) is 8.51. The molecule has 1 saturated heterocycles. The fourth-order valence-corrected chi connectivity index (χ4v) is 5.15. The van der Waals surface area contributed by atoms with Gasteiger partial charge in [0.15, 0.2) is 0 Å². The van der Waals surface area contributed by atoms with Crippen molar-refractivity contribution in [2.24, 2.45) is 0 Å². The van der Waals surface area contributed by atoms with Gasteiger partial charge in [-0.05, 0) is 38.5 Å². The van der Waals surface area contributed by atoms with Crippen molar-refractivity contribution in [3.05, 3.63) is 39.9 Å². The summed E-state index contributed by atoms with van der Waals surface area (Å²) in [6.07, 6.45) is 0.696. The van der Waals surface area contributed by atoms with Gasteiger partial charge in [0.1, 0.15) is 15.4 Å². The lowest BCUT2D eigenvalue weighted by Gasteiger charge is -2.20. The maximum absolute atomic E-state index is 12.7. The highest BCUT2D eigenvalue weighted by molar-refractivity contribution is 7.99. The van der Waals surface area contributed by atoms with Gasteiger partial charge in [-0.2, -0.15) is 17.0 Å². The molecule has 0 saturated carbocycles. The van der Waals surface area contributed by atoms with Crippen molar-refractivity contribution in [2.45, 2.75) is 32.7 Å². The number of nitrogens with one attached hydrogen (secondary N) is 1. The van der Waals surface area contributed by atoms with Crippen LogP contribution in [-0.2, 0) is 0 Å². The zero-order valence-electron chi connectivity index (χ0n) is 14.0.